The van der Waals surface area contributed by atoms with Gasteiger partial charge >= 0.3 is 6.36 Å². The average Bonchev–Trinajstić information content (AvgIpc) is 2.65. The van der Waals surface area contributed by atoms with E-state index in [4.69, 9.17) is 0 Å². The van der Waals surface area contributed by atoms with Gasteiger partial charge in [-0.25, -0.2) is 8.78 Å². The van der Waals surface area contributed by atoms with Crippen molar-refractivity contribution < 1.29 is 26.7 Å². The van der Waals surface area contributed by atoms with Crippen LogP contribution in [0.15, 0.2) is 42.0 Å². The van der Waals surface area contributed by atoms with Crippen molar-refractivity contribution in [3.8, 4) is 16.9 Å². The summed E-state index contributed by atoms with van der Waals surface area (Å²) in [4.78, 5) is 0. The van der Waals surface area contributed by atoms with E-state index in [-0.39, 0.29) is 11.1 Å². The largest absolute Gasteiger partial charge is 0.573 e. The molecule has 0 amide bonds. The van der Waals surface area contributed by atoms with Crippen LogP contribution in [0.2, 0.25) is 0 Å². The minimum atomic E-state index is -4.99. The molecule has 1 aliphatic rings. The summed E-state index contributed by atoms with van der Waals surface area (Å²) in [5, 5.41) is 0. The van der Waals surface area contributed by atoms with Crippen molar-refractivity contribution in [1.29, 1.82) is 0 Å². The molecule has 2 aromatic rings. The Morgan fingerprint density at radius 1 is 0.931 bits per heavy atom. The number of hydrogen-bond acceptors (Lipinski definition) is 1. The Balaban J connectivity index is 1.77. The first kappa shape index (κ1) is 21.3. The number of allylic oxidation sites excluding steroid dienone is 2. The lowest BCUT2D eigenvalue weighted by atomic mass is 9.87. The minimum absolute atomic E-state index is 0.168. The van der Waals surface area contributed by atoms with E-state index in [1.54, 1.807) is 6.07 Å². The Kier molecular flexibility index (Phi) is 6.60. The Bertz CT molecular complexity index is 899. The van der Waals surface area contributed by atoms with E-state index in [9.17, 15) is 22.0 Å². The van der Waals surface area contributed by atoms with Crippen LogP contribution in [0.5, 0.6) is 5.75 Å². The summed E-state index contributed by atoms with van der Waals surface area (Å²) >= 11 is 0. The summed E-state index contributed by atoms with van der Waals surface area (Å²) in [5.41, 5.74) is 3.51. The zero-order valence-electron chi connectivity index (χ0n) is 16.2. The third-order valence-corrected chi connectivity index (χ3v) is 5.14. The van der Waals surface area contributed by atoms with Gasteiger partial charge in [0.1, 0.15) is 5.82 Å². The van der Waals surface area contributed by atoms with E-state index in [1.807, 2.05) is 0 Å². The Morgan fingerprint density at radius 2 is 1.72 bits per heavy atom. The fourth-order valence-corrected chi connectivity index (χ4v) is 3.65. The zero-order chi connectivity index (χ0) is 21.0. The fraction of sp³-hybridized carbons (Fsp3) is 0.391. The summed E-state index contributed by atoms with van der Waals surface area (Å²) in [7, 11) is 0. The number of hydrogen-bond donors (Lipinski definition) is 0. The summed E-state index contributed by atoms with van der Waals surface area (Å²) in [6.45, 7) is 2.17. The molecule has 29 heavy (non-hydrogen) atoms. The third kappa shape index (κ3) is 5.58. The first-order valence-corrected chi connectivity index (χ1v) is 9.81. The van der Waals surface area contributed by atoms with Gasteiger partial charge in [0.25, 0.3) is 0 Å². The maximum absolute atomic E-state index is 14.7. The number of alkyl halides is 3. The number of unbranched alkanes of at least 4 members (excludes halogenated alkanes) is 3. The number of ether oxygens (including phenoxy) is 1. The van der Waals surface area contributed by atoms with Gasteiger partial charge in [-0.15, -0.1) is 13.2 Å². The topological polar surface area (TPSA) is 9.23 Å². The van der Waals surface area contributed by atoms with Crippen molar-refractivity contribution in [1.82, 2.24) is 0 Å². The molecule has 0 bridgehead atoms. The van der Waals surface area contributed by atoms with E-state index < -0.39 is 23.7 Å². The summed E-state index contributed by atoms with van der Waals surface area (Å²) in [6, 6.07) is 6.08. The van der Waals surface area contributed by atoms with E-state index >= 15 is 0 Å². The molecular weight excluding hydrogens is 387 g/mol. The van der Waals surface area contributed by atoms with E-state index in [0.717, 1.165) is 36.1 Å². The molecule has 2 aromatic carbocycles. The second-order valence-corrected chi connectivity index (χ2v) is 7.35. The first-order chi connectivity index (χ1) is 13.8. The van der Waals surface area contributed by atoms with E-state index in [0.29, 0.717) is 12.8 Å². The van der Waals surface area contributed by atoms with Crippen molar-refractivity contribution in [2.75, 3.05) is 0 Å². The number of benzene rings is 2. The highest BCUT2D eigenvalue weighted by molar-refractivity contribution is 5.67. The zero-order valence-corrected chi connectivity index (χ0v) is 16.2. The first-order valence-electron chi connectivity index (χ1n) is 9.81. The van der Waals surface area contributed by atoms with Crippen molar-refractivity contribution in [2.45, 2.75) is 58.2 Å². The average molecular weight is 410 g/mol. The molecule has 1 nitrogen and oxygen atoms in total. The summed E-state index contributed by atoms with van der Waals surface area (Å²) in [6.07, 6.45) is 4.26. The van der Waals surface area contributed by atoms with Crippen molar-refractivity contribution >= 4 is 0 Å². The predicted molar refractivity (Wildman–Crippen MR) is 103 cm³/mol. The van der Waals surface area contributed by atoms with Crippen molar-refractivity contribution in [3.05, 3.63) is 64.7 Å². The molecule has 0 aromatic heterocycles. The van der Waals surface area contributed by atoms with Gasteiger partial charge < -0.3 is 4.74 Å². The van der Waals surface area contributed by atoms with Gasteiger partial charge in [-0.05, 0) is 66.6 Å². The smallest absolute Gasteiger partial charge is 0.403 e. The van der Waals surface area contributed by atoms with Gasteiger partial charge in [0.05, 0.1) is 0 Å². The molecule has 0 saturated heterocycles. The molecular formula is C23H23F5O. The molecule has 0 aliphatic heterocycles. The highest BCUT2D eigenvalue weighted by atomic mass is 19.4. The fourth-order valence-electron chi connectivity index (χ4n) is 3.65. The third-order valence-electron chi connectivity index (χ3n) is 5.14. The molecule has 0 fully saturated rings. The predicted octanol–water partition coefficient (Wildman–Crippen LogP) is 7.53. The Morgan fingerprint density at radius 3 is 2.41 bits per heavy atom. The second-order valence-electron chi connectivity index (χ2n) is 7.35. The molecule has 0 N–H and O–H groups in total. The van der Waals surface area contributed by atoms with Gasteiger partial charge in [0.15, 0.2) is 11.6 Å². The van der Waals surface area contributed by atoms with Crippen molar-refractivity contribution in [2.24, 2.45) is 0 Å². The molecule has 3 rings (SSSR count). The molecule has 0 heterocycles. The van der Waals surface area contributed by atoms with Gasteiger partial charge in [0.2, 0.25) is 0 Å². The molecule has 1 aliphatic carbocycles. The van der Waals surface area contributed by atoms with Crippen LogP contribution in [0, 0.1) is 11.6 Å². The lowest BCUT2D eigenvalue weighted by molar-refractivity contribution is -0.275. The Labute approximate surface area is 167 Å². The normalized spacial score (nSPS) is 13.8. The number of fused-ring (bicyclic) bond motifs is 1. The molecule has 0 spiro atoms. The minimum Gasteiger partial charge on any atom is -0.403 e. The Hall–Kier alpha value is -2.37. The van der Waals surface area contributed by atoms with Gasteiger partial charge in [-0.3, -0.25) is 0 Å². The van der Waals surface area contributed by atoms with Crippen LogP contribution in [0.1, 0.15) is 50.2 Å². The van der Waals surface area contributed by atoms with Crippen LogP contribution in [-0.4, -0.2) is 6.36 Å². The second kappa shape index (κ2) is 8.97. The van der Waals surface area contributed by atoms with Crippen LogP contribution >= 0.6 is 0 Å². The van der Waals surface area contributed by atoms with Gasteiger partial charge in [-0.1, -0.05) is 43.9 Å². The van der Waals surface area contributed by atoms with Gasteiger partial charge in [-0.2, -0.15) is 0 Å². The molecule has 0 unspecified atom stereocenters. The molecule has 6 heteroatoms. The van der Waals surface area contributed by atoms with Crippen LogP contribution in [-0.2, 0) is 12.8 Å². The van der Waals surface area contributed by atoms with Crippen LogP contribution in [0.3, 0.4) is 0 Å². The van der Waals surface area contributed by atoms with Crippen LogP contribution < -0.4 is 4.74 Å². The quantitative estimate of drug-likeness (QED) is 0.260. The van der Waals surface area contributed by atoms with E-state index in [2.05, 4.69) is 17.7 Å². The highest BCUT2D eigenvalue weighted by Gasteiger charge is 2.32. The molecule has 0 radical (unpaired) electrons. The molecule has 0 saturated carbocycles. The maximum atomic E-state index is 14.7. The lowest BCUT2D eigenvalue weighted by Gasteiger charge is -2.19. The standard InChI is InChI=1S/C23H23F5O/c1-2-3-4-5-6-15-7-8-16-12-19(20(24)14-18(16)11-15)17-9-10-22(21(25)13-17)29-23(26,27)28/h7,9-10,12-14H,2-6,8,11H2,1H3. The molecule has 0 atom stereocenters. The summed E-state index contributed by atoms with van der Waals surface area (Å²) in [5.74, 6) is -2.64. The van der Waals surface area contributed by atoms with Gasteiger partial charge in [0, 0.05) is 5.56 Å². The maximum Gasteiger partial charge on any atom is 0.573 e. The van der Waals surface area contributed by atoms with E-state index in [1.165, 1.54) is 37.0 Å². The van der Waals surface area contributed by atoms with Crippen molar-refractivity contribution in [3.63, 3.8) is 0 Å². The van der Waals surface area contributed by atoms with Crippen LogP contribution in [0.25, 0.3) is 11.1 Å². The SMILES string of the molecule is CCCCCCC1=CCc2cc(-c3ccc(OC(F)(F)F)c(F)c3)c(F)cc2C1. The molecule has 156 valence electrons. The van der Waals surface area contributed by atoms with Crippen LogP contribution in [0.4, 0.5) is 22.0 Å². The highest BCUT2D eigenvalue weighted by Crippen LogP contribution is 2.34. The lowest BCUT2D eigenvalue weighted by Crippen LogP contribution is -2.17. The monoisotopic (exact) mass is 410 g/mol. The summed E-state index contributed by atoms with van der Waals surface area (Å²) < 4.78 is 69.2. The number of rotatable bonds is 7. The number of halogens is 5.